The molecule has 0 aliphatic heterocycles. The molecule has 0 spiro atoms. The molecule has 0 saturated heterocycles. The second-order valence-electron chi connectivity index (χ2n) is 6.23. The van der Waals surface area contributed by atoms with Crippen molar-refractivity contribution in [2.75, 3.05) is 11.9 Å². The van der Waals surface area contributed by atoms with E-state index in [9.17, 15) is 18.0 Å². The second-order valence-corrected chi connectivity index (χ2v) is 6.61. The van der Waals surface area contributed by atoms with Gasteiger partial charge in [0.25, 0.3) is 0 Å². The first-order valence-electron chi connectivity index (χ1n) is 8.53. The van der Waals surface area contributed by atoms with Crippen LogP contribution in [0.5, 0.6) is 0 Å². The zero-order chi connectivity index (χ0) is 19.6. The number of rotatable bonds is 8. The van der Waals surface area contributed by atoms with Crippen LogP contribution in [0.4, 0.5) is 18.9 Å². The lowest BCUT2D eigenvalue weighted by Crippen LogP contribution is -2.16. The maximum Gasteiger partial charge on any atom is 0.436 e. The van der Waals surface area contributed by atoms with Crippen LogP contribution in [0.2, 0.25) is 5.02 Å². The highest BCUT2D eigenvalue weighted by Gasteiger charge is 2.42. The largest absolute Gasteiger partial charge is 0.436 e. The zero-order valence-electron chi connectivity index (χ0n) is 14.6. The van der Waals surface area contributed by atoms with E-state index in [1.54, 1.807) is 6.20 Å². The molecule has 7 nitrogen and oxygen atoms in total. The third-order valence-electron chi connectivity index (χ3n) is 4.06. The van der Waals surface area contributed by atoms with Gasteiger partial charge in [-0.1, -0.05) is 11.6 Å². The number of halogens is 4. The minimum Gasteiger partial charge on any atom is -0.360 e. The number of anilines is 1. The average molecular weight is 406 g/mol. The number of alkyl halides is 3. The summed E-state index contributed by atoms with van der Waals surface area (Å²) in [6.07, 6.45) is -0.0360. The fourth-order valence-electron chi connectivity index (χ4n) is 2.67. The molecule has 0 aromatic carbocycles. The Morgan fingerprint density at radius 1 is 1.44 bits per heavy atom. The average Bonchev–Trinajstić information content (AvgIpc) is 3.23. The summed E-state index contributed by atoms with van der Waals surface area (Å²) >= 11 is 5.91. The van der Waals surface area contributed by atoms with Gasteiger partial charge in [-0.2, -0.15) is 23.4 Å². The highest BCUT2D eigenvalue weighted by atomic mass is 35.5. The molecule has 0 atom stereocenters. The maximum absolute atomic E-state index is 13.0. The van der Waals surface area contributed by atoms with Crippen molar-refractivity contribution in [2.24, 2.45) is 0 Å². The van der Waals surface area contributed by atoms with E-state index < -0.39 is 11.9 Å². The van der Waals surface area contributed by atoms with E-state index >= 15 is 0 Å². The van der Waals surface area contributed by atoms with Gasteiger partial charge in [0.15, 0.2) is 5.69 Å². The maximum atomic E-state index is 13.0. The van der Waals surface area contributed by atoms with Crippen LogP contribution in [0.1, 0.15) is 43.5 Å². The number of hydrogen-bond donors (Lipinski definition) is 1. The van der Waals surface area contributed by atoms with Gasteiger partial charge in [-0.05, 0) is 19.8 Å². The molecule has 0 bridgehead atoms. The van der Waals surface area contributed by atoms with E-state index in [4.69, 9.17) is 16.3 Å². The van der Waals surface area contributed by atoms with Crippen molar-refractivity contribution in [1.29, 1.82) is 0 Å². The molecule has 2 aromatic heterocycles. The van der Waals surface area contributed by atoms with Crippen LogP contribution in [0.25, 0.3) is 0 Å². The van der Waals surface area contributed by atoms with E-state index in [1.165, 1.54) is 15.6 Å². The number of aromatic nitrogens is 4. The van der Waals surface area contributed by atoms with E-state index in [0.29, 0.717) is 18.0 Å². The smallest absolute Gasteiger partial charge is 0.360 e. The Balaban J connectivity index is 1.62. The van der Waals surface area contributed by atoms with Crippen molar-refractivity contribution in [2.45, 2.75) is 51.6 Å². The normalized spacial score (nSPS) is 14.6. The summed E-state index contributed by atoms with van der Waals surface area (Å²) in [6.45, 7) is 2.68. The standard InChI is InChI=1S/C16H19ClF3N5O2/c1-2-27-9-24-8-11(7-21-24)22-12(26)5-6-25-14(10-3-4-10)13(17)15(23-25)16(18,19)20/h7-8,10H,2-6,9H2,1H3,(H,22,26). The Morgan fingerprint density at radius 3 is 2.81 bits per heavy atom. The van der Waals surface area contributed by atoms with E-state index in [0.717, 1.165) is 12.8 Å². The third kappa shape index (κ3) is 4.81. The molecule has 1 amide bonds. The molecular weight excluding hydrogens is 387 g/mol. The molecule has 2 aromatic rings. The van der Waals surface area contributed by atoms with Gasteiger partial charge in [0.2, 0.25) is 5.91 Å². The Hall–Kier alpha value is -2.07. The van der Waals surface area contributed by atoms with Crippen LogP contribution >= 0.6 is 11.6 Å². The molecule has 27 heavy (non-hydrogen) atoms. The van der Waals surface area contributed by atoms with Crippen molar-refractivity contribution in [1.82, 2.24) is 19.6 Å². The first kappa shape index (κ1) is 19.7. The summed E-state index contributed by atoms with van der Waals surface area (Å²) in [7, 11) is 0. The SMILES string of the molecule is CCOCn1cc(NC(=O)CCn2nc(C(F)(F)F)c(Cl)c2C2CC2)cn1. The molecule has 1 fully saturated rings. The molecule has 2 heterocycles. The quantitative estimate of drug-likeness (QED) is 0.727. The van der Waals surface area contributed by atoms with Crippen LogP contribution in [-0.4, -0.2) is 32.1 Å². The van der Waals surface area contributed by atoms with Crippen molar-refractivity contribution in [3.8, 4) is 0 Å². The van der Waals surface area contributed by atoms with Gasteiger partial charge in [-0.25, -0.2) is 4.68 Å². The predicted octanol–water partition coefficient (Wildman–Crippen LogP) is 3.65. The Morgan fingerprint density at radius 2 is 2.19 bits per heavy atom. The van der Waals surface area contributed by atoms with Crippen LogP contribution in [-0.2, 0) is 29.0 Å². The Bertz CT molecular complexity index is 814. The third-order valence-corrected chi connectivity index (χ3v) is 4.43. The topological polar surface area (TPSA) is 74.0 Å². The minimum atomic E-state index is -4.62. The van der Waals surface area contributed by atoms with Crippen LogP contribution < -0.4 is 5.32 Å². The molecular formula is C16H19ClF3N5O2. The van der Waals surface area contributed by atoms with Gasteiger partial charge in [-0.3, -0.25) is 9.48 Å². The van der Waals surface area contributed by atoms with Crippen molar-refractivity contribution < 1.29 is 22.7 Å². The van der Waals surface area contributed by atoms with Crippen LogP contribution in [0.3, 0.4) is 0 Å². The first-order chi connectivity index (χ1) is 12.8. The van der Waals surface area contributed by atoms with E-state index in [-0.39, 0.29) is 36.5 Å². The number of ether oxygens (including phenoxy) is 1. The lowest BCUT2D eigenvalue weighted by molar-refractivity contribution is -0.141. The van der Waals surface area contributed by atoms with Crippen LogP contribution in [0.15, 0.2) is 12.4 Å². The summed E-state index contributed by atoms with van der Waals surface area (Å²) in [4.78, 5) is 12.1. The zero-order valence-corrected chi connectivity index (χ0v) is 15.3. The molecule has 1 aliphatic carbocycles. The number of carbonyl (C=O) groups excluding carboxylic acids is 1. The van der Waals surface area contributed by atoms with Crippen LogP contribution in [0, 0.1) is 0 Å². The molecule has 3 rings (SSSR count). The molecule has 1 aliphatic rings. The number of hydrogen-bond acceptors (Lipinski definition) is 4. The summed E-state index contributed by atoms with van der Waals surface area (Å²) in [5, 5.41) is 9.93. The van der Waals surface area contributed by atoms with Gasteiger partial charge in [0.1, 0.15) is 6.73 Å². The summed E-state index contributed by atoms with van der Waals surface area (Å²) in [6, 6.07) is 0. The summed E-state index contributed by atoms with van der Waals surface area (Å²) in [5.41, 5.74) is -0.249. The fourth-order valence-corrected chi connectivity index (χ4v) is 3.06. The number of carbonyl (C=O) groups is 1. The molecule has 1 saturated carbocycles. The van der Waals surface area contributed by atoms with Crippen molar-refractivity contribution >= 4 is 23.2 Å². The number of amides is 1. The van der Waals surface area contributed by atoms with Crippen molar-refractivity contribution in [3.63, 3.8) is 0 Å². The fraction of sp³-hybridized carbons (Fsp3) is 0.562. The van der Waals surface area contributed by atoms with Gasteiger partial charge in [0, 0.05) is 18.9 Å². The summed E-state index contributed by atoms with van der Waals surface area (Å²) < 4.78 is 47.1. The molecule has 0 unspecified atom stereocenters. The molecule has 1 N–H and O–H groups in total. The number of nitrogens with one attached hydrogen (secondary N) is 1. The molecule has 11 heteroatoms. The van der Waals surface area contributed by atoms with E-state index in [1.807, 2.05) is 6.92 Å². The molecule has 148 valence electrons. The van der Waals surface area contributed by atoms with Gasteiger partial charge < -0.3 is 10.1 Å². The lowest BCUT2D eigenvalue weighted by atomic mass is 10.2. The summed E-state index contributed by atoms with van der Waals surface area (Å²) in [5.74, 6) is -0.381. The first-order valence-corrected chi connectivity index (χ1v) is 8.90. The Labute approximate surface area is 158 Å². The minimum absolute atomic E-state index is 0.0144. The second kappa shape index (κ2) is 7.89. The van der Waals surface area contributed by atoms with Gasteiger partial charge >= 0.3 is 6.18 Å². The van der Waals surface area contributed by atoms with Gasteiger partial charge in [-0.15, -0.1) is 0 Å². The highest BCUT2D eigenvalue weighted by molar-refractivity contribution is 6.32. The monoisotopic (exact) mass is 405 g/mol. The van der Waals surface area contributed by atoms with Gasteiger partial charge in [0.05, 0.1) is 35.3 Å². The number of nitrogens with zero attached hydrogens (tertiary/aromatic N) is 4. The van der Waals surface area contributed by atoms with Crippen molar-refractivity contribution in [3.05, 3.63) is 28.8 Å². The predicted molar refractivity (Wildman–Crippen MR) is 91.3 cm³/mol. The lowest BCUT2D eigenvalue weighted by Gasteiger charge is -2.07. The van der Waals surface area contributed by atoms with E-state index in [2.05, 4.69) is 15.5 Å². The number of aryl methyl sites for hydroxylation is 1. The molecule has 0 radical (unpaired) electrons. The Kier molecular flexibility index (Phi) is 5.75. The highest BCUT2D eigenvalue weighted by Crippen LogP contribution is 2.46.